The number of hydrogen-bond donors (Lipinski definition) is 2. The zero-order chi connectivity index (χ0) is 13.9. The third-order valence-corrected chi connectivity index (χ3v) is 3.49. The molecule has 0 bridgehead atoms. The monoisotopic (exact) mass is 288 g/mol. The fourth-order valence-electron chi connectivity index (χ4n) is 2.25. The summed E-state index contributed by atoms with van der Waals surface area (Å²) in [7, 11) is 0. The van der Waals surface area contributed by atoms with Crippen LogP contribution in [0.5, 0.6) is 0 Å². The van der Waals surface area contributed by atoms with Crippen LogP contribution in [0.25, 0.3) is 0 Å². The van der Waals surface area contributed by atoms with E-state index in [4.69, 9.17) is 11.6 Å². The van der Waals surface area contributed by atoms with E-state index in [-0.39, 0.29) is 11.9 Å². The van der Waals surface area contributed by atoms with Crippen molar-refractivity contribution in [3.8, 4) is 0 Å². The minimum Gasteiger partial charge on any atom is -0.309 e. The lowest BCUT2D eigenvalue weighted by Gasteiger charge is -2.25. The molecule has 1 aromatic heterocycles. The average molecular weight is 289 g/mol. The Morgan fingerprint density at radius 2 is 2.10 bits per heavy atom. The zero-order valence-electron chi connectivity index (χ0n) is 10.6. The van der Waals surface area contributed by atoms with Crippen LogP contribution in [0.15, 0.2) is 36.7 Å². The molecule has 5 nitrogen and oxygen atoms in total. The molecule has 1 aliphatic heterocycles. The predicted molar refractivity (Wildman–Crippen MR) is 76.4 cm³/mol. The van der Waals surface area contributed by atoms with E-state index >= 15 is 0 Å². The van der Waals surface area contributed by atoms with Crippen molar-refractivity contribution in [3.63, 3.8) is 0 Å². The molecule has 0 unspecified atom stereocenters. The molecular weight excluding hydrogens is 276 g/mol. The fourth-order valence-corrected chi connectivity index (χ4v) is 2.40. The van der Waals surface area contributed by atoms with Gasteiger partial charge >= 0.3 is 0 Å². The summed E-state index contributed by atoms with van der Waals surface area (Å²) in [4.78, 5) is 20.0. The van der Waals surface area contributed by atoms with Gasteiger partial charge in [0.1, 0.15) is 17.3 Å². The van der Waals surface area contributed by atoms with Gasteiger partial charge < -0.3 is 10.6 Å². The Labute approximate surface area is 121 Å². The average Bonchev–Trinajstić information content (AvgIpc) is 2.47. The number of hydrogen-bond acceptors (Lipinski definition) is 4. The summed E-state index contributed by atoms with van der Waals surface area (Å²) < 4.78 is 0. The SMILES string of the molecule is O=C(Nc1cc(Cl)ncn1)[C@H]1Cc2ccccc2CN1. The van der Waals surface area contributed by atoms with Crippen molar-refractivity contribution in [1.82, 2.24) is 15.3 Å². The first-order chi connectivity index (χ1) is 9.72. The highest BCUT2D eigenvalue weighted by Crippen LogP contribution is 2.17. The Hall–Kier alpha value is -1.98. The number of amides is 1. The van der Waals surface area contributed by atoms with Crippen molar-refractivity contribution >= 4 is 23.3 Å². The van der Waals surface area contributed by atoms with Crippen LogP contribution in [0.2, 0.25) is 5.15 Å². The zero-order valence-corrected chi connectivity index (χ0v) is 11.4. The summed E-state index contributed by atoms with van der Waals surface area (Å²) in [6.45, 7) is 0.693. The molecule has 2 heterocycles. The third kappa shape index (κ3) is 2.79. The quantitative estimate of drug-likeness (QED) is 0.827. The van der Waals surface area contributed by atoms with Crippen LogP contribution in [0.1, 0.15) is 11.1 Å². The largest absolute Gasteiger partial charge is 0.309 e. The lowest BCUT2D eigenvalue weighted by Crippen LogP contribution is -2.44. The maximum absolute atomic E-state index is 12.2. The summed E-state index contributed by atoms with van der Waals surface area (Å²) in [6, 6.07) is 9.38. The van der Waals surface area contributed by atoms with Gasteiger partial charge in [-0.3, -0.25) is 4.79 Å². The topological polar surface area (TPSA) is 66.9 Å². The molecule has 1 aliphatic rings. The van der Waals surface area contributed by atoms with Gasteiger partial charge in [0.2, 0.25) is 5.91 Å². The lowest BCUT2D eigenvalue weighted by atomic mass is 9.95. The number of anilines is 1. The Kier molecular flexibility index (Phi) is 3.62. The number of carbonyl (C=O) groups excluding carboxylic acids is 1. The molecule has 2 aromatic rings. The number of aromatic nitrogens is 2. The summed E-state index contributed by atoms with van der Waals surface area (Å²) in [6.07, 6.45) is 1.99. The molecule has 20 heavy (non-hydrogen) atoms. The molecule has 0 aliphatic carbocycles. The van der Waals surface area contributed by atoms with E-state index in [0.717, 1.165) is 0 Å². The Morgan fingerprint density at radius 1 is 1.30 bits per heavy atom. The van der Waals surface area contributed by atoms with Gasteiger partial charge in [-0.2, -0.15) is 0 Å². The number of carbonyl (C=O) groups is 1. The summed E-state index contributed by atoms with van der Waals surface area (Å²) in [5.74, 6) is 0.296. The molecule has 102 valence electrons. The first-order valence-electron chi connectivity index (χ1n) is 6.31. The minimum atomic E-state index is -0.265. The van der Waals surface area contributed by atoms with Crippen LogP contribution in [0, 0.1) is 0 Å². The van der Waals surface area contributed by atoms with Crippen molar-refractivity contribution < 1.29 is 4.79 Å². The van der Waals surface area contributed by atoms with E-state index in [0.29, 0.717) is 23.9 Å². The van der Waals surface area contributed by atoms with Crippen molar-refractivity contribution in [2.24, 2.45) is 0 Å². The normalized spacial score (nSPS) is 17.4. The summed E-state index contributed by atoms with van der Waals surface area (Å²) in [5.41, 5.74) is 2.44. The van der Waals surface area contributed by atoms with E-state index in [1.807, 2.05) is 12.1 Å². The van der Waals surface area contributed by atoms with Crippen molar-refractivity contribution in [1.29, 1.82) is 0 Å². The maximum atomic E-state index is 12.2. The standard InChI is InChI=1S/C14H13ClN4O/c15-12-6-13(18-8-17-12)19-14(20)11-5-9-3-1-2-4-10(9)7-16-11/h1-4,6,8,11,16H,5,7H2,(H,17,18,19,20)/t11-/m1/s1. The molecular formula is C14H13ClN4O. The summed E-state index contributed by atoms with van der Waals surface area (Å²) in [5, 5.41) is 6.27. The van der Waals surface area contributed by atoms with Gasteiger partial charge in [-0.05, 0) is 17.5 Å². The molecule has 3 rings (SSSR count). The second-order valence-electron chi connectivity index (χ2n) is 4.62. The van der Waals surface area contributed by atoms with Gasteiger partial charge in [0.05, 0.1) is 6.04 Å². The molecule has 0 radical (unpaired) electrons. The summed E-state index contributed by atoms with van der Waals surface area (Å²) >= 11 is 5.76. The lowest BCUT2D eigenvalue weighted by molar-refractivity contribution is -0.118. The highest BCUT2D eigenvalue weighted by atomic mass is 35.5. The smallest absolute Gasteiger partial charge is 0.243 e. The molecule has 1 atom stereocenters. The molecule has 0 saturated heterocycles. The highest BCUT2D eigenvalue weighted by molar-refractivity contribution is 6.29. The molecule has 1 aromatic carbocycles. The van der Waals surface area contributed by atoms with E-state index in [2.05, 4.69) is 32.7 Å². The second kappa shape index (κ2) is 5.56. The van der Waals surface area contributed by atoms with Crippen LogP contribution < -0.4 is 10.6 Å². The van der Waals surface area contributed by atoms with Crippen LogP contribution >= 0.6 is 11.6 Å². The van der Waals surface area contributed by atoms with Crippen molar-refractivity contribution in [2.75, 3.05) is 5.32 Å². The van der Waals surface area contributed by atoms with Gasteiger partial charge in [0, 0.05) is 12.6 Å². The molecule has 0 spiro atoms. The number of halogens is 1. The number of nitrogens with one attached hydrogen (secondary N) is 2. The number of rotatable bonds is 2. The molecule has 1 amide bonds. The Bertz CT molecular complexity index is 647. The van der Waals surface area contributed by atoms with Gasteiger partial charge in [-0.15, -0.1) is 0 Å². The van der Waals surface area contributed by atoms with E-state index in [1.165, 1.54) is 23.5 Å². The third-order valence-electron chi connectivity index (χ3n) is 3.28. The fraction of sp³-hybridized carbons (Fsp3) is 0.214. The first kappa shape index (κ1) is 13.0. The van der Waals surface area contributed by atoms with Crippen LogP contribution in [0.4, 0.5) is 5.82 Å². The van der Waals surface area contributed by atoms with E-state index in [1.54, 1.807) is 0 Å². The van der Waals surface area contributed by atoms with E-state index < -0.39 is 0 Å². The Morgan fingerprint density at radius 3 is 2.90 bits per heavy atom. The molecule has 2 N–H and O–H groups in total. The van der Waals surface area contributed by atoms with Gasteiger partial charge in [-0.25, -0.2) is 9.97 Å². The van der Waals surface area contributed by atoms with Gasteiger partial charge in [0.15, 0.2) is 0 Å². The van der Waals surface area contributed by atoms with Crippen molar-refractivity contribution in [2.45, 2.75) is 19.0 Å². The second-order valence-corrected chi connectivity index (χ2v) is 5.01. The molecule has 0 fully saturated rings. The number of nitrogens with zero attached hydrogens (tertiary/aromatic N) is 2. The van der Waals surface area contributed by atoms with Crippen LogP contribution in [-0.2, 0) is 17.8 Å². The first-order valence-corrected chi connectivity index (χ1v) is 6.69. The maximum Gasteiger partial charge on any atom is 0.243 e. The van der Waals surface area contributed by atoms with Crippen LogP contribution in [0.3, 0.4) is 0 Å². The molecule has 6 heteroatoms. The van der Waals surface area contributed by atoms with E-state index in [9.17, 15) is 4.79 Å². The predicted octanol–water partition coefficient (Wildman–Crippen LogP) is 1.78. The van der Waals surface area contributed by atoms with Crippen molar-refractivity contribution in [3.05, 3.63) is 52.9 Å². The van der Waals surface area contributed by atoms with Crippen LogP contribution in [-0.4, -0.2) is 21.9 Å². The Balaban J connectivity index is 1.70. The highest BCUT2D eigenvalue weighted by Gasteiger charge is 2.24. The molecule has 0 saturated carbocycles. The minimum absolute atomic E-state index is 0.116. The van der Waals surface area contributed by atoms with Gasteiger partial charge in [0.25, 0.3) is 0 Å². The number of fused-ring (bicyclic) bond motifs is 1. The number of benzene rings is 1. The van der Waals surface area contributed by atoms with Gasteiger partial charge in [-0.1, -0.05) is 35.9 Å².